The first-order valence-corrected chi connectivity index (χ1v) is 8.88. The largest absolute Gasteiger partial charge is 0.389 e. The van der Waals surface area contributed by atoms with Crippen molar-refractivity contribution in [1.82, 2.24) is 0 Å². The Morgan fingerprint density at radius 1 is 0.810 bits per heavy atom. The maximum absolute atomic E-state index is 11.3. The third-order valence-corrected chi connectivity index (χ3v) is 4.42. The normalized spacial score (nSPS) is 14.0. The summed E-state index contributed by atoms with van der Waals surface area (Å²) in [6.45, 7) is 3.98. The van der Waals surface area contributed by atoms with Gasteiger partial charge in [-0.2, -0.15) is 0 Å². The zero-order valence-corrected chi connectivity index (χ0v) is 14.1. The van der Waals surface area contributed by atoms with Crippen LogP contribution in [0.15, 0.2) is 0 Å². The highest BCUT2D eigenvalue weighted by Gasteiger charge is 2.40. The van der Waals surface area contributed by atoms with Gasteiger partial charge in [-0.05, 0) is 12.8 Å². The van der Waals surface area contributed by atoms with Crippen LogP contribution in [0, 0.1) is 10.1 Å². The van der Waals surface area contributed by atoms with Gasteiger partial charge < -0.3 is 5.11 Å². The van der Waals surface area contributed by atoms with Crippen LogP contribution in [0.25, 0.3) is 0 Å². The van der Waals surface area contributed by atoms with Crippen molar-refractivity contribution in [2.24, 2.45) is 0 Å². The van der Waals surface area contributed by atoms with Gasteiger partial charge in [0.2, 0.25) is 5.54 Å². The molecule has 1 atom stereocenters. The van der Waals surface area contributed by atoms with Crippen LogP contribution in [0.5, 0.6) is 0 Å². The topological polar surface area (TPSA) is 63.4 Å². The lowest BCUT2D eigenvalue weighted by Gasteiger charge is -2.23. The molecule has 1 N–H and O–H groups in total. The van der Waals surface area contributed by atoms with Crippen molar-refractivity contribution in [1.29, 1.82) is 0 Å². The summed E-state index contributed by atoms with van der Waals surface area (Å²) < 4.78 is 0. The molecular formula is C17H35NO3. The molecule has 0 saturated carbocycles. The van der Waals surface area contributed by atoms with E-state index >= 15 is 0 Å². The van der Waals surface area contributed by atoms with E-state index in [1.165, 1.54) is 32.1 Å². The summed E-state index contributed by atoms with van der Waals surface area (Å²) in [6, 6.07) is 0. The van der Waals surface area contributed by atoms with Crippen molar-refractivity contribution < 1.29 is 10.0 Å². The van der Waals surface area contributed by atoms with E-state index in [2.05, 4.69) is 13.8 Å². The zero-order chi connectivity index (χ0) is 16.0. The van der Waals surface area contributed by atoms with E-state index in [0.717, 1.165) is 38.5 Å². The van der Waals surface area contributed by atoms with Gasteiger partial charge in [0.25, 0.3) is 0 Å². The molecule has 0 aliphatic carbocycles. The van der Waals surface area contributed by atoms with E-state index in [9.17, 15) is 15.2 Å². The molecule has 1 unspecified atom stereocenters. The molecule has 21 heavy (non-hydrogen) atoms. The second kappa shape index (κ2) is 13.1. The Hall–Kier alpha value is -0.640. The zero-order valence-electron chi connectivity index (χ0n) is 14.1. The molecule has 4 nitrogen and oxygen atoms in total. The minimum atomic E-state index is -1.09. The van der Waals surface area contributed by atoms with Crippen molar-refractivity contribution in [2.45, 2.75) is 103 Å². The summed E-state index contributed by atoms with van der Waals surface area (Å²) in [5, 5.41) is 20.8. The molecule has 0 aliphatic heterocycles. The number of aliphatic hydroxyl groups is 1. The van der Waals surface area contributed by atoms with Gasteiger partial charge in [0.1, 0.15) is 6.61 Å². The van der Waals surface area contributed by atoms with Gasteiger partial charge in [0.05, 0.1) is 0 Å². The quantitative estimate of drug-likeness (QED) is 0.260. The maximum atomic E-state index is 11.3. The van der Waals surface area contributed by atoms with E-state index in [-0.39, 0.29) is 11.5 Å². The fourth-order valence-electron chi connectivity index (χ4n) is 2.82. The van der Waals surface area contributed by atoms with Crippen LogP contribution in [0.4, 0.5) is 0 Å². The third-order valence-electron chi connectivity index (χ3n) is 4.42. The van der Waals surface area contributed by atoms with Crippen LogP contribution in [-0.2, 0) is 0 Å². The lowest BCUT2D eigenvalue weighted by molar-refractivity contribution is -0.576. The number of rotatable bonds is 15. The van der Waals surface area contributed by atoms with E-state index < -0.39 is 5.54 Å². The fourth-order valence-corrected chi connectivity index (χ4v) is 2.82. The minimum Gasteiger partial charge on any atom is -0.389 e. The van der Waals surface area contributed by atoms with E-state index in [0.29, 0.717) is 12.8 Å². The van der Waals surface area contributed by atoms with E-state index in [1.54, 1.807) is 0 Å². The van der Waals surface area contributed by atoms with Gasteiger partial charge in [-0.3, -0.25) is 10.1 Å². The van der Waals surface area contributed by atoms with Gasteiger partial charge in [-0.25, -0.2) is 0 Å². The summed E-state index contributed by atoms with van der Waals surface area (Å²) in [5.74, 6) is 0. The molecule has 0 saturated heterocycles. The lowest BCUT2D eigenvalue weighted by atomic mass is 9.87. The van der Waals surface area contributed by atoms with Crippen molar-refractivity contribution in [2.75, 3.05) is 6.61 Å². The Labute approximate surface area is 130 Å². The number of hydrogen-bond donors (Lipinski definition) is 1. The summed E-state index contributed by atoms with van der Waals surface area (Å²) in [5.41, 5.74) is -1.09. The van der Waals surface area contributed by atoms with Crippen molar-refractivity contribution >= 4 is 0 Å². The number of hydrogen-bond acceptors (Lipinski definition) is 3. The van der Waals surface area contributed by atoms with Crippen molar-refractivity contribution in [3.63, 3.8) is 0 Å². The predicted octanol–water partition coefficient (Wildman–Crippen LogP) is 5.11. The van der Waals surface area contributed by atoms with Crippen LogP contribution in [-0.4, -0.2) is 22.2 Å². The molecule has 0 aromatic carbocycles. The monoisotopic (exact) mass is 301 g/mol. The van der Waals surface area contributed by atoms with Crippen LogP contribution in [0.2, 0.25) is 0 Å². The SMILES string of the molecule is CCCCCCCCCCC(CO)(CCCCC)[N+](=O)[O-]. The smallest absolute Gasteiger partial charge is 0.244 e. The van der Waals surface area contributed by atoms with Crippen LogP contribution >= 0.6 is 0 Å². The highest BCUT2D eigenvalue weighted by molar-refractivity contribution is 4.78. The second-order valence-electron chi connectivity index (χ2n) is 6.32. The van der Waals surface area contributed by atoms with Gasteiger partial charge in [-0.15, -0.1) is 0 Å². The summed E-state index contributed by atoms with van der Waals surface area (Å²) in [6.07, 6.45) is 13.4. The first-order chi connectivity index (χ1) is 10.1. The molecule has 0 rings (SSSR count). The number of unbranched alkanes of at least 4 members (excludes halogenated alkanes) is 9. The molecule has 0 radical (unpaired) electrons. The molecule has 0 aliphatic rings. The molecule has 4 heteroatoms. The first-order valence-electron chi connectivity index (χ1n) is 8.88. The Kier molecular flexibility index (Phi) is 12.7. The standard InChI is InChI=1S/C17H35NO3/c1-3-5-7-8-9-10-11-13-15-17(16-19,18(20)21)14-12-6-4-2/h19H,3-16H2,1-2H3. The molecule has 126 valence electrons. The third kappa shape index (κ3) is 9.07. The van der Waals surface area contributed by atoms with Gasteiger partial charge >= 0.3 is 0 Å². The van der Waals surface area contributed by atoms with E-state index in [4.69, 9.17) is 0 Å². The Morgan fingerprint density at radius 2 is 1.19 bits per heavy atom. The van der Waals surface area contributed by atoms with Gasteiger partial charge in [0.15, 0.2) is 0 Å². The molecular weight excluding hydrogens is 266 g/mol. The lowest BCUT2D eigenvalue weighted by Crippen LogP contribution is -2.42. The van der Waals surface area contributed by atoms with Crippen molar-refractivity contribution in [3.8, 4) is 0 Å². The average molecular weight is 301 g/mol. The molecule has 0 amide bonds. The minimum absolute atomic E-state index is 0.232. The summed E-state index contributed by atoms with van der Waals surface area (Å²) in [7, 11) is 0. The second-order valence-corrected chi connectivity index (χ2v) is 6.32. The molecule has 0 aromatic rings. The number of nitro groups is 1. The highest BCUT2D eigenvalue weighted by atomic mass is 16.6. The summed E-state index contributed by atoms with van der Waals surface area (Å²) >= 11 is 0. The summed E-state index contributed by atoms with van der Waals surface area (Å²) in [4.78, 5) is 11.1. The molecule has 0 bridgehead atoms. The van der Waals surface area contributed by atoms with Gasteiger partial charge in [-0.1, -0.05) is 71.6 Å². The number of aliphatic hydroxyl groups excluding tert-OH is 1. The molecule has 0 heterocycles. The van der Waals surface area contributed by atoms with Crippen LogP contribution < -0.4 is 0 Å². The molecule has 0 aromatic heterocycles. The first kappa shape index (κ1) is 20.4. The maximum Gasteiger partial charge on any atom is 0.244 e. The average Bonchev–Trinajstić information content (AvgIpc) is 2.48. The van der Waals surface area contributed by atoms with Crippen molar-refractivity contribution in [3.05, 3.63) is 10.1 Å². The Morgan fingerprint density at radius 3 is 1.62 bits per heavy atom. The predicted molar refractivity (Wildman–Crippen MR) is 88.2 cm³/mol. The number of nitrogens with zero attached hydrogens (tertiary/aromatic N) is 1. The molecule has 0 spiro atoms. The van der Waals surface area contributed by atoms with Crippen LogP contribution in [0.1, 0.15) is 97.3 Å². The van der Waals surface area contributed by atoms with Crippen LogP contribution in [0.3, 0.4) is 0 Å². The molecule has 0 fully saturated rings. The Balaban J connectivity index is 3.93. The van der Waals surface area contributed by atoms with E-state index in [1.807, 2.05) is 0 Å². The Bertz CT molecular complexity index is 258. The fraction of sp³-hybridized carbons (Fsp3) is 1.00. The van der Waals surface area contributed by atoms with Gasteiger partial charge in [0, 0.05) is 17.8 Å². The highest BCUT2D eigenvalue weighted by Crippen LogP contribution is 2.26.